The van der Waals surface area contributed by atoms with Crippen LogP contribution in [0.15, 0.2) is 72.8 Å². The van der Waals surface area contributed by atoms with Gasteiger partial charge in [0, 0.05) is 0 Å². The maximum absolute atomic E-state index is 13.2. The number of nitrogens with one attached hydrogen (secondary N) is 1. The first kappa shape index (κ1) is 23.2. The van der Waals surface area contributed by atoms with Crippen LogP contribution in [0.25, 0.3) is 0 Å². The lowest BCUT2D eigenvalue weighted by atomic mass is 9.98. The summed E-state index contributed by atoms with van der Waals surface area (Å²) in [5.74, 6) is 1.76. The molecule has 0 saturated carbocycles. The first-order valence-corrected chi connectivity index (χ1v) is 11.0. The fourth-order valence-electron chi connectivity index (χ4n) is 3.63. The van der Waals surface area contributed by atoms with Crippen LogP contribution in [-0.4, -0.2) is 26.2 Å². The molecule has 0 fully saturated rings. The predicted octanol–water partition coefficient (Wildman–Crippen LogP) is 5.60. The van der Waals surface area contributed by atoms with Crippen LogP contribution in [0.2, 0.25) is 0 Å². The summed E-state index contributed by atoms with van der Waals surface area (Å²) in [6.45, 7) is 4.98. The Balaban J connectivity index is 1.89. The molecular weight excluding hydrogens is 402 g/mol. The minimum atomic E-state index is -0.206. The molecule has 1 amide bonds. The van der Waals surface area contributed by atoms with Crippen molar-refractivity contribution in [2.24, 2.45) is 0 Å². The Morgan fingerprint density at radius 3 is 2.25 bits per heavy atom. The lowest BCUT2D eigenvalue weighted by molar-refractivity contribution is 0.0931. The molecule has 0 aliphatic rings. The quantitative estimate of drug-likeness (QED) is 0.428. The third-order valence-electron chi connectivity index (χ3n) is 5.19. The van der Waals surface area contributed by atoms with Gasteiger partial charge in [0.15, 0.2) is 11.5 Å². The van der Waals surface area contributed by atoms with Crippen LogP contribution in [-0.2, 0) is 6.42 Å². The average molecular weight is 434 g/mol. The molecule has 0 spiro atoms. The smallest absolute Gasteiger partial charge is 0.255 e. The first-order valence-electron chi connectivity index (χ1n) is 11.0. The van der Waals surface area contributed by atoms with Crippen LogP contribution < -0.4 is 19.5 Å². The summed E-state index contributed by atoms with van der Waals surface area (Å²) in [6, 6.07) is 23.2. The van der Waals surface area contributed by atoms with Crippen molar-refractivity contribution < 1.29 is 19.0 Å². The van der Waals surface area contributed by atoms with Crippen molar-refractivity contribution in [3.8, 4) is 17.2 Å². The molecule has 32 heavy (non-hydrogen) atoms. The number of hydrogen-bond donors (Lipinski definition) is 1. The van der Waals surface area contributed by atoms with Crippen molar-refractivity contribution in [3.05, 3.63) is 89.5 Å². The second-order valence-electron chi connectivity index (χ2n) is 7.32. The number of benzene rings is 3. The minimum absolute atomic E-state index is 0.174. The minimum Gasteiger partial charge on any atom is -0.496 e. The van der Waals surface area contributed by atoms with Gasteiger partial charge in [-0.25, -0.2) is 0 Å². The highest BCUT2D eigenvalue weighted by molar-refractivity contribution is 5.97. The van der Waals surface area contributed by atoms with E-state index >= 15 is 0 Å². The van der Waals surface area contributed by atoms with Crippen molar-refractivity contribution in [1.82, 2.24) is 5.32 Å². The van der Waals surface area contributed by atoms with E-state index in [4.69, 9.17) is 14.2 Å². The third-order valence-corrected chi connectivity index (χ3v) is 5.19. The second-order valence-corrected chi connectivity index (χ2v) is 7.32. The molecule has 1 atom stereocenters. The molecule has 0 aliphatic heterocycles. The van der Waals surface area contributed by atoms with Crippen LogP contribution >= 0.6 is 0 Å². The van der Waals surface area contributed by atoms with E-state index in [0.717, 1.165) is 18.4 Å². The monoisotopic (exact) mass is 433 g/mol. The second kappa shape index (κ2) is 11.8. The highest BCUT2D eigenvalue weighted by Crippen LogP contribution is 2.32. The molecule has 0 saturated heterocycles. The van der Waals surface area contributed by atoms with Gasteiger partial charge in [0.25, 0.3) is 5.91 Å². The highest BCUT2D eigenvalue weighted by atomic mass is 16.5. The van der Waals surface area contributed by atoms with Gasteiger partial charge >= 0.3 is 0 Å². The van der Waals surface area contributed by atoms with Crippen molar-refractivity contribution in [2.45, 2.75) is 32.7 Å². The number of ether oxygens (including phenoxy) is 3. The largest absolute Gasteiger partial charge is 0.496 e. The van der Waals surface area contributed by atoms with Gasteiger partial charge < -0.3 is 19.5 Å². The van der Waals surface area contributed by atoms with Crippen molar-refractivity contribution in [1.29, 1.82) is 0 Å². The van der Waals surface area contributed by atoms with Crippen molar-refractivity contribution in [2.75, 3.05) is 20.3 Å². The van der Waals surface area contributed by atoms with Crippen LogP contribution in [0.1, 0.15) is 47.8 Å². The van der Waals surface area contributed by atoms with Gasteiger partial charge in [-0.2, -0.15) is 0 Å². The van der Waals surface area contributed by atoms with E-state index in [9.17, 15) is 4.79 Å². The number of carbonyl (C=O) groups is 1. The van der Waals surface area contributed by atoms with Crippen LogP contribution in [0.5, 0.6) is 17.2 Å². The van der Waals surface area contributed by atoms with Gasteiger partial charge in [-0.15, -0.1) is 0 Å². The first-order chi connectivity index (χ1) is 15.7. The Morgan fingerprint density at radius 1 is 0.844 bits per heavy atom. The molecule has 0 heterocycles. The number of carbonyl (C=O) groups excluding carboxylic acids is 1. The zero-order valence-corrected chi connectivity index (χ0v) is 19.0. The van der Waals surface area contributed by atoms with Crippen LogP contribution in [0.3, 0.4) is 0 Å². The molecule has 1 N–H and O–H groups in total. The molecule has 168 valence electrons. The lowest BCUT2D eigenvalue weighted by Gasteiger charge is -2.22. The Kier molecular flexibility index (Phi) is 8.55. The molecule has 0 unspecified atom stereocenters. The summed E-state index contributed by atoms with van der Waals surface area (Å²) in [7, 11) is 1.57. The molecule has 0 aromatic heterocycles. The van der Waals surface area contributed by atoms with E-state index < -0.39 is 0 Å². The number of methoxy groups -OCH3 is 1. The molecule has 3 rings (SSSR count). The summed E-state index contributed by atoms with van der Waals surface area (Å²) < 4.78 is 16.9. The van der Waals surface area contributed by atoms with Gasteiger partial charge in [-0.05, 0) is 62.1 Å². The SMILES string of the molecule is CCOc1ccc([C@H](CCc2ccccc2)NC(=O)c2ccccc2OC)cc1OCC. The maximum atomic E-state index is 13.2. The zero-order valence-electron chi connectivity index (χ0n) is 19.0. The summed E-state index contributed by atoms with van der Waals surface area (Å²) in [5.41, 5.74) is 2.70. The Morgan fingerprint density at radius 2 is 1.53 bits per heavy atom. The molecule has 5 nitrogen and oxygen atoms in total. The number of amides is 1. The van der Waals surface area contributed by atoms with Gasteiger partial charge in [0.1, 0.15) is 5.75 Å². The topological polar surface area (TPSA) is 56.8 Å². The van der Waals surface area contributed by atoms with E-state index in [0.29, 0.717) is 36.0 Å². The van der Waals surface area contributed by atoms with E-state index in [-0.39, 0.29) is 11.9 Å². The van der Waals surface area contributed by atoms with E-state index in [1.165, 1.54) is 5.56 Å². The Bertz CT molecular complexity index is 1000. The van der Waals surface area contributed by atoms with Crippen LogP contribution in [0, 0.1) is 0 Å². The summed E-state index contributed by atoms with van der Waals surface area (Å²) in [6.07, 6.45) is 1.57. The maximum Gasteiger partial charge on any atom is 0.255 e. The number of para-hydroxylation sites is 1. The number of hydrogen-bond acceptors (Lipinski definition) is 4. The lowest BCUT2D eigenvalue weighted by Crippen LogP contribution is -2.29. The average Bonchev–Trinajstić information content (AvgIpc) is 2.83. The molecular formula is C27H31NO4. The predicted molar refractivity (Wildman–Crippen MR) is 127 cm³/mol. The molecule has 3 aromatic rings. The van der Waals surface area contributed by atoms with E-state index in [2.05, 4.69) is 17.4 Å². The van der Waals surface area contributed by atoms with Gasteiger partial charge in [-0.1, -0.05) is 48.5 Å². The standard InChI is InChI=1S/C27H31NO4/c1-4-31-25-18-16-21(19-26(25)32-5-2)23(17-15-20-11-7-6-8-12-20)28-27(29)22-13-9-10-14-24(22)30-3/h6-14,16,18-19,23H,4-5,15,17H2,1-3H3,(H,28,29)/t23-/m0/s1. The molecule has 0 aliphatic carbocycles. The zero-order chi connectivity index (χ0) is 22.8. The summed E-state index contributed by atoms with van der Waals surface area (Å²) >= 11 is 0. The third kappa shape index (κ3) is 6.03. The molecule has 0 radical (unpaired) electrons. The van der Waals surface area contributed by atoms with Gasteiger partial charge in [0.2, 0.25) is 0 Å². The number of aryl methyl sites for hydroxylation is 1. The van der Waals surface area contributed by atoms with Crippen molar-refractivity contribution >= 4 is 5.91 Å². The summed E-state index contributed by atoms with van der Waals surface area (Å²) in [4.78, 5) is 13.2. The van der Waals surface area contributed by atoms with Gasteiger partial charge in [0.05, 0.1) is 31.9 Å². The fraction of sp³-hybridized carbons (Fsp3) is 0.296. The Hall–Kier alpha value is -3.47. The number of rotatable bonds is 11. The summed E-state index contributed by atoms with van der Waals surface area (Å²) in [5, 5.41) is 3.20. The molecule has 3 aromatic carbocycles. The fourth-order valence-corrected chi connectivity index (χ4v) is 3.63. The van der Waals surface area contributed by atoms with E-state index in [1.807, 2.05) is 62.4 Å². The van der Waals surface area contributed by atoms with Gasteiger partial charge in [-0.3, -0.25) is 4.79 Å². The normalized spacial score (nSPS) is 11.5. The Labute approximate surface area is 190 Å². The van der Waals surface area contributed by atoms with Crippen molar-refractivity contribution in [3.63, 3.8) is 0 Å². The molecule has 0 bridgehead atoms. The van der Waals surface area contributed by atoms with Crippen LogP contribution in [0.4, 0.5) is 0 Å². The highest BCUT2D eigenvalue weighted by Gasteiger charge is 2.20. The molecule has 5 heteroatoms. The van der Waals surface area contributed by atoms with E-state index in [1.54, 1.807) is 19.2 Å².